The summed E-state index contributed by atoms with van der Waals surface area (Å²) < 4.78 is 27.3. The molecule has 9 heteroatoms. The number of nitrogens with zero attached hydrogens (tertiary/aromatic N) is 1. The zero-order chi connectivity index (χ0) is 14.6. The van der Waals surface area contributed by atoms with Crippen LogP contribution in [0.25, 0.3) is 0 Å². The van der Waals surface area contributed by atoms with Gasteiger partial charge in [0.05, 0.1) is 0 Å². The summed E-state index contributed by atoms with van der Waals surface area (Å²) in [5.41, 5.74) is 5.66. The topological polar surface area (TPSA) is 85.1 Å². The Bertz CT molecular complexity index is 585. The first-order chi connectivity index (χ1) is 9.50. The van der Waals surface area contributed by atoms with Crippen LogP contribution in [0.5, 0.6) is 0 Å². The summed E-state index contributed by atoms with van der Waals surface area (Å²) in [4.78, 5) is 3.97. The fraction of sp³-hybridized carbons (Fsp3) is 0.455. The average molecular weight is 350 g/mol. The number of nitrogens with two attached hydrogens (primary N) is 1. The number of nitrogens with one attached hydrogen (secondary N) is 1. The number of hydrogen-bond acceptors (Lipinski definition) is 6. The van der Waals surface area contributed by atoms with Gasteiger partial charge in [-0.1, -0.05) is 12.2 Å². The second kappa shape index (κ2) is 7.08. The predicted molar refractivity (Wildman–Crippen MR) is 88.9 cm³/mol. The lowest BCUT2D eigenvalue weighted by Gasteiger charge is -2.21. The quantitative estimate of drug-likeness (QED) is 0.762. The maximum Gasteiger partial charge on any atom is 0.242 e. The van der Waals surface area contributed by atoms with Gasteiger partial charge >= 0.3 is 0 Å². The zero-order valence-corrected chi connectivity index (χ0v) is 13.9. The van der Waals surface area contributed by atoms with E-state index in [0.29, 0.717) is 11.8 Å². The first-order valence-corrected chi connectivity index (χ1v) is 10.0. The van der Waals surface area contributed by atoms with Gasteiger partial charge in [0.1, 0.15) is 15.6 Å². The average Bonchev–Trinajstić information content (AvgIpc) is 2.46. The van der Waals surface area contributed by atoms with E-state index >= 15 is 0 Å². The molecule has 1 atom stereocenters. The van der Waals surface area contributed by atoms with E-state index in [4.69, 9.17) is 18.0 Å². The number of thiocarbonyl (C=S) groups is 1. The van der Waals surface area contributed by atoms with E-state index in [2.05, 4.69) is 9.71 Å². The van der Waals surface area contributed by atoms with Crippen LogP contribution in [0.15, 0.2) is 23.2 Å². The Kier molecular flexibility index (Phi) is 5.67. The first kappa shape index (κ1) is 16.0. The molecule has 0 aromatic carbocycles. The van der Waals surface area contributed by atoms with Crippen molar-refractivity contribution < 1.29 is 8.42 Å². The van der Waals surface area contributed by atoms with Gasteiger partial charge in [-0.3, -0.25) is 4.98 Å². The summed E-state index contributed by atoms with van der Waals surface area (Å²) in [6.45, 7) is 0.408. The molecule has 1 aliphatic rings. The molecule has 0 spiro atoms. The van der Waals surface area contributed by atoms with E-state index in [1.54, 1.807) is 17.8 Å². The molecule has 0 saturated carbocycles. The van der Waals surface area contributed by atoms with E-state index in [9.17, 15) is 8.42 Å². The Balaban J connectivity index is 2.12. The van der Waals surface area contributed by atoms with Gasteiger partial charge in [-0.05, 0) is 12.1 Å². The van der Waals surface area contributed by atoms with Crippen LogP contribution in [0.1, 0.15) is 5.69 Å². The molecule has 1 fully saturated rings. The number of aromatic nitrogens is 1. The molecule has 0 aliphatic carbocycles. The molecule has 2 rings (SSSR count). The Morgan fingerprint density at radius 1 is 1.55 bits per heavy atom. The monoisotopic (exact) mass is 349 g/mol. The number of thioether (sulfide) groups is 2. The lowest BCUT2D eigenvalue weighted by atomic mass is 10.3. The van der Waals surface area contributed by atoms with Crippen LogP contribution < -0.4 is 10.5 Å². The van der Waals surface area contributed by atoms with Crippen molar-refractivity contribution in [1.82, 2.24) is 9.71 Å². The summed E-state index contributed by atoms with van der Waals surface area (Å²) >= 11 is 8.49. The maximum atomic E-state index is 12.3. The van der Waals surface area contributed by atoms with E-state index < -0.39 is 10.0 Å². The number of rotatable bonds is 5. The van der Waals surface area contributed by atoms with Crippen molar-refractivity contribution in [3.8, 4) is 0 Å². The highest BCUT2D eigenvalue weighted by Crippen LogP contribution is 2.24. The number of sulfonamides is 1. The molecule has 1 aromatic heterocycles. The van der Waals surface area contributed by atoms with Crippen LogP contribution in [0, 0.1) is 0 Å². The van der Waals surface area contributed by atoms with Crippen molar-refractivity contribution >= 4 is 50.8 Å². The van der Waals surface area contributed by atoms with Gasteiger partial charge in [-0.2, -0.15) is 23.5 Å². The van der Waals surface area contributed by atoms with Crippen molar-refractivity contribution in [3.05, 3.63) is 24.0 Å². The minimum Gasteiger partial charge on any atom is -0.388 e. The lowest BCUT2D eigenvalue weighted by molar-refractivity contribution is 0.581. The summed E-state index contributed by atoms with van der Waals surface area (Å²) in [7, 11) is -3.64. The highest BCUT2D eigenvalue weighted by molar-refractivity contribution is 8.06. The molecule has 1 aromatic rings. The van der Waals surface area contributed by atoms with E-state index in [0.717, 1.165) is 17.3 Å². The summed E-state index contributed by atoms with van der Waals surface area (Å²) in [5.74, 6) is 3.15. The largest absolute Gasteiger partial charge is 0.388 e. The van der Waals surface area contributed by atoms with Crippen LogP contribution in [0.2, 0.25) is 0 Å². The maximum absolute atomic E-state index is 12.3. The Morgan fingerprint density at radius 3 is 3.00 bits per heavy atom. The van der Waals surface area contributed by atoms with Gasteiger partial charge in [-0.15, -0.1) is 0 Å². The molecule has 0 bridgehead atoms. The van der Waals surface area contributed by atoms with Crippen LogP contribution in [-0.2, 0) is 10.0 Å². The van der Waals surface area contributed by atoms with Gasteiger partial charge < -0.3 is 5.73 Å². The molecular weight excluding hydrogens is 334 g/mol. The van der Waals surface area contributed by atoms with E-state index in [1.165, 1.54) is 12.3 Å². The molecule has 20 heavy (non-hydrogen) atoms. The molecule has 3 N–H and O–H groups in total. The Morgan fingerprint density at radius 2 is 2.35 bits per heavy atom. The summed E-state index contributed by atoms with van der Waals surface area (Å²) in [5, 5.41) is 0.300. The van der Waals surface area contributed by atoms with Gasteiger partial charge in [0, 0.05) is 35.3 Å². The first-order valence-electron chi connectivity index (χ1n) is 5.94. The third kappa shape index (κ3) is 4.08. The standard InChI is InChI=1S/C11H15N3O2S4/c12-11(17)10-9(2-1-3-13-10)20(15,16)14-6-8-7-18-4-5-19-8/h1-3,8,14H,4-7H2,(H2,12,17). The molecule has 110 valence electrons. The minimum atomic E-state index is -3.64. The minimum absolute atomic E-state index is 0.0198. The second-order valence-electron chi connectivity index (χ2n) is 4.13. The van der Waals surface area contributed by atoms with Crippen LogP contribution in [0.4, 0.5) is 0 Å². The van der Waals surface area contributed by atoms with Crippen LogP contribution >= 0.6 is 35.7 Å². The molecule has 1 aliphatic heterocycles. The highest BCUT2D eigenvalue weighted by atomic mass is 32.2. The Labute approximate surface area is 132 Å². The van der Waals surface area contributed by atoms with Crippen molar-refractivity contribution in [2.45, 2.75) is 10.1 Å². The van der Waals surface area contributed by atoms with Gasteiger partial charge in [0.2, 0.25) is 10.0 Å². The SMILES string of the molecule is NC(=S)c1ncccc1S(=O)(=O)NCC1CSCCS1. The van der Waals surface area contributed by atoms with E-state index in [-0.39, 0.29) is 15.6 Å². The molecule has 2 heterocycles. The van der Waals surface area contributed by atoms with Crippen molar-refractivity contribution in [1.29, 1.82) is 0 Å². The fourth-order valence-electron chi connectivity index (χ4n) is 1.73. The normalized spacial score (nSPS) is 19.7. The molecular formula is C11H15N3O2S4. The van der Waals surface area contributed by atoms with Gasteiger partial charge in [0.25, 0.3) is 0 Å². The van der Waals surface area contributed by atoms with Crippen LogP contribution in [-0.4, -0.2) is 47.4 Å². The van der Waals surface area contributed by atoms with Crippen molar-refractivity contribution in [3.63, 3.8) is 0 Å². The highest BCUT2D eigenvalue weighted by Gasteiger charge is 2.23. The second-order valence-corrected chi connectivity index (χ2v) is 8.87. The smallest absolute Gasteiger partial charge is 0.242 e. The van der Waals surface area contributed by atoms with Crippen LogP contribution in [0.3, 0.4) is 0 Å². The lowest BCUT2D eigenvalue weighted by Crippen LogP contribution is -2.34. The van der Waals surface area contributed by atoms with Gasteiger partial charge in [0.15, 0.2) is 0 Å². The third-order valence-electron chi connectivity index (χ3n) is 2.68. The molecule has 0 amide bonds. The van der Waals surface area contributed by atoms with Crippen molar-refractivity contribution in [2.75, 3.05) is 23.8 Å². The zero-order valence-electron chi connectivity index (χ0n) is 10.6. The van der Waals surface area contributed by atoms with Crippen molar-refractivity contribution in [2.24, 2.45) is 5.73 Å². The fourth-order valence-corrected chi connectivity index (χ4v) is 5.92. The van der Waals surface area contributed by atoms with E-state index in [1.807, 2.05) is 11.8 Å². The number of pyridine rings is 1. The Hall–Kier alpha value is -0.350. The molecule has 1 saturated heterocycles. The predicted octanol–water partition coefficient (Wildman–Crippen LogP) is 0.843. The summed E-state index contributed by atoms with van der Waals surface area (Å²) in [6, 6.07) is 3.02. The molecule has 5 nitrogen and oxygen atoms in total. The molecule has 1 unspecified atom stereocenters. The molecule has 0 radical (unpaired) electrons. The van der Waals surface area contributed by atoms with Gasteiger partial charge in [-0.25, -0.2) is 13.1 Å². The number of hydrogen-bond donors (Lipinski definition) is 2. The third-order valence-corrected chi connectivity index (χ3v) is 7.17. The summed E-state index contributed by atoms with van der Waals surface area (Å²) in [6.07, 6.45) is 1.47.